The maximum Gasteiger partial charge on any atom is 0.157 e. The SMILES string of the molecule is [Ni].c1cnc2c(c1)ccc1ccc(-c3nc4ccccc4[nH]3)nc12. The minimum atomic E-state index is 0. The predicted octanol–water partition coefficient (Wildman–Crippen LogP) is 4.32. The maximum atomic E-state index is 4.81. The van der Waals surface area contributed by atoms with Crippen LogP contribution in [0.25, 0.3) is 44.4 Å². The first-order valence-corrected chi connectivity index (χ1v) is 7.48. The Morgan fingerprint density at radius 2 is 1.50 bits per heavy atom. The third kappa shape index (κ3) is 2.25. The third-order valence-corrected chi connectivity index (χ3v) is 4.06. The number of hydrogen-bond donors (Lipinski definition) is 1. The summed E-state index contributed by atoms with van der Waals surface area (Å²) in [6, 6.07) is 20.2. The number of rotatable bonds is 1. The first-order valence-electron chi connectivity index (χ1n) is 7.48. The van der Waals surface area contributed by atoms with Crippen molar-refractivity contribution in [1.29, 1.82) is 0 Å². The molecule has 0 bridgehead atoms. The molecule has 5 aromatic rings. The fourth-order valence-corrected chi connectivity index (χ4v) is 2.93. The molecule has 3 aromatic heterocycles. The van der Waals surface area contributed by atoms with Gasteiger partial charge in [-0.1, -0.05) is 36.4 Å². The average molecular weight is 355 g/mol. The van der Waals surface area contributed by atoms with Crippen molar-refractivity contribution >= 4 is 32.8 Å². The van der Waals surface area contributed by atoms with E-state index >= 15 is 0 Å². The van der Waals surface area contributed by atoms with E-state index in [9.17, 15) is 0 Å². The quantitative estimate of drug-likeness (QED) is 0.360. The fraction of sp³-hybridized carbons (Fsp3) is 0. The Morgan fingerprint density at radius 1 is 0.708 bits per heavy atom. The summed E-state index contributed by atoms with van der Waals surface area (Å²) in [6.07, 6.45) is 1.80. The van der Waals surface area contributed by atoms with Gasteiger partial charge in [0.15, 0.2) is 5.82 Å². The predicted molar refractivity (Wildman–Crippen MR) is 92.1 cm³/mol. The fourth-order valence-electron chi connectivity index (χ4n) is 2.93. The van der Waals surface area contributed by atoms with Crippen LogP contribution in [0, 0.1) is 0 Å². The van der Waals surface area contributed by atoms with Gasteiger partial charge in [0, 0.05) is 33.5 Å². The Labute approximate surface area is 147 Å². The summed E-state index contributed by atoms with van der Waals surface area (Å²) in [7, 11) is 0. The number of para-hydroxylation sites is 2. The molecule has 0 radical (unpaired) electrons. The molecule has 0 amide bonds. The van der Waals surface area contributed by atoms with Gasteiger partial charge in [-0.2, -0.15) is 0 Å². The monoisotopic (exact) mass is 354 g/mol. The molecule has 0 spiro atoms. The molecule has 0 saturated carbocycles. The van der Waals surface area contributed by atoms with E-state index in [1.54, 1.807) is 6.20 Å². The van der Waals surface area contributed by atoms with Crippen molar-refractivity contribution in [2.24, 2.45) is 0 Å². The molecule has 24 heavy (non-hydrogen) atoms. The Bertz CT molecular complexity index is 1150. The molecule has 5 heteroatoms. The van der Waals surface area contributed by atoms with E-state index in [0.29, 0.717) is 0 Å². The topological polar surface area (TPSA) is 54.5 Å². The Hall–Kier alpha value is -2.78. The van der Waals surface area contributed by atoms with Crippen molar-refractivity contribution in [1.82, 2.24) is 19.9 Å². The van der Waals surface area contributed by atoms with E-state index in [1.165, 1.54) is 0 Å². The molecule has 0 saturated heterocycles. The second-order valence-electron chi connectivity index (χ2n) is 5.51. The number of H-pyrrole nitrogens is 1. The van der Waals surface area contributed by atoms with Crippen LogP contribution < -0.4 is 0 Å². The molecular weight excluding hydrogens is 343 g/mol. The number of nitrogens with zero attached hydrogens (tertiary/aromatic N) is 3. The van der Waals surface area contributed by atoms with E-state index < -0.39 is 0 Å². The largest absolute Gasteiger partial charge is 0.337 e. The van der Waals surface area contributed by atoms with Gasteiger partial charge in [0.25, 0.3) is 0 Å². The molecule has 0 aliphatic carbocycles. The number of fused-ring (bicyclic) bond motifs is 4. The van der Waals surface area contributed by atoms with Gasteiger partial charge >= 0.3 is 0 Å². The molecule has 4 nitrogen and oxygen atoms in total. The van der Waals surface area contributed by atoms with Gasteiger partial charge < -0.3 is 4.98 Å². The van der Waals surface area contributed by atoms with Crippen molar-refractivity contribution in [3.63, 3.8) is 0 Å². The molecule has 3 heterocycles. The number of nitrogens with one attached hydrogen (secondary N) is 1. The summed E-state index contributed by atoms with van der Waals surface area (Å²) >= 11 is 0. The van der Waals surface area contributed by atoms with Crippen molar-refractivity contribution in [3.05, 3.63) is 66.9 Å². The van der Waals surface area contributed by atoms with Crippen molar-refractivity contribution in [2.45, 2.75) is 0 Å². The van der Waals surface area contributed by atoms with E-state index in [4.69, 9.17) is 4.98 Å². The van der Waals surface area contributed by atoms with Crippen LogP contribution in [0.3, 0.4) is 0 Å². The van der Waals surface area contributed by atoms with Crippen LogP contribution in [-0.4, -0.2) is 19.9 Å². The minimum absolute atomic E-state index is 0. The van der Waals surface area contributed by atoms with Crippen molar-refractivity contribution in [2.75, 3.05) is 0 Å². The molecule has 0 unspecified atom stereocenters. The molecule has 2 aromatic carbocycles. The number of hydrogen-bond acceptors (Lipinski definition) is 3. The molecule has 118 valence electrons. The zero-order chi connectivity index (χ0) is 15.2. The zero-order valence-corrected chi connectivity index (χ0v) is 13.5. The van der Waals surface area contributed by atoms with Crippen LogP contribution in [0.4, 0.5) is 0 Å². The average Bonchev–Trinajstić information content (AvgIpc) is 3.05. The summed E-state index contributed by atoms with van der Waals surface area (Å²) in [5.74, 6) is 0.779. The van der Waals surface area contributed by atoms with Gasteiger partial charge in [0.2, 0.25) is 0 Å². The van der Waals surface area contributed by atoms with Gasteiger partial charge in [-0.25, -0.2) is 9.97 Å². The van der Waals surface area contributed by atoms with Gasteiger partial charge in [-0.3, -0.25) is 4.98 Å². The Balaban J connectivity index is 0.00000146. The second-order valence-corrected chi connectivity index (χ2v) is 5.51. The third-order valence-electron chi connectivity index (χ3n) is 4.06. The standard InChI is InChI=1S/C19H12N4.Ni/c1-2-6-15-14(5-1)22-19(23-15)16-10-9-13-8-7-12-4-3-11-20-17(12)18(13)21-16;/h1-11H,(H,22,23);. The van der Waals surface area contributed by atoms with Crippen LogP contribution in [-0.2, 0) is 16.5 Å². The number of benzene rings is 2. The summed E-state index contributed by atoms with van der Waals surface area (Å²) in [4.78, 5) is 17.3. The number of imidazole rings is 1. The molecule has 5 rings (SSSR count). The first-order chi connectivity index (χ1) is 11.4. The van der Waals surface area contributed by atoms with Crippen LogP contribution in [0.2, 0.25) is 0 Å². The van der Waals surface area contributed by atoms with Crippen LogP contribution >= 0.6 is 0 Å². The van der Waals surface area contributed by atoms with Crippen molar-refractivity contribution in [3.8, 4) is 11.5 Å². The summed E-state index contributed by atoms with van der Waals surface area (Å²) in [5, 5.41) is 2.17. The van der Waals surface area contributed by atoms with Crippen LogP contribution in [0.5, 0.6) is 0 Å². The van der Waals surface area contributed by atoms with Crippen molar-refractivity contribution < 1.29 is 16.5 Å². The van der Waals surface area contributed by atoms with E-state index in [-0.39, 0.29) is 16.5 Å². The minimum Gasteiger partial charge on any atom is -0.337 e. The van der Waals surface area contributed by atoms with E-state index in [1.807, 2.05) is 36.4 Å². The molecule has 0 fully saturated rings. The Morgan fingerprint density at radius 3 is 2.38 bits per heavy atom. The summed E-state index contributed by atoms with van der Waals surface area (Å²) < 4.78 is 0. The van der Waals surface area contributed by atoms with Gasteiger partial charge in [0.05, 0.1) is 22.1 Å². The second kappa shape index (κ2) is 5.70. The number of pyridine rings is 2. The van der Waals surface area contributed by atoms with E-state index in [0.717, 1.165) is 44.4 Å². The maximum absolute atomic E-state index is 4.81. The zero-order valence-electron chi connectivity index (χ0n) is 12.5. The van der Waals surface area contributed by atoms with Gasteiger partial charge in [-0.05, 0) is 24.3 Å². The van der Waals surface area contributed by atoms with Crippen LogP contribution in [0.1, 0.15) is 0 Å². The van der Waals surface area contributed by atoms with Gasteiger partial charge in [0.1, 0.15) is 5.69 Å². The van der Waals surface area contributed by atoms with E-state index in [2.05, 4.69) is 39.2 Å². The molecule has 0 aliphatic rings. The molecule has 0 atom stereocenters. The summed E-state index contributed by atoms with van der Waals surface area (Å²) in [5.41, 5.74) is 4.61. The Kier molecular flexibility index (Phi) is 3.51. The first kappa shape index (κ1) is 14.8. The number of aromatic amines is 1. The molecule has 0 aliphatic heterocycles. The number of aromatic nitrogens is 4. The molecular formula is C19H12N4Ni. The van der Waals surface area contributed by atoms with Crippen LogP contribution in [0.15, 0.2) is 66.9 Å². The molecule has 1 N–H and O–H groups in total. The van der Waals surface area contributed by atoms with Gasteiger partial charge in [-0.15, -0.1) is 0 Å². The summed E-state index contributed by atoms with van der Waals surface area (Å²) in [6.45, 7) is 0. The normalized spacial score (nSPS) is 11.0. The smallest absolute Gasteiger partial charge is 0.157 e.